The van der Waals surface area contributed by atoms with Gasteiger partial charge in [0.25, 0.3) is 5.91 Å². The molecule has 4 aromatic heterocycles. The fourth-order valence-corrected chi connectivity index (χ4v) is 10.3. The largest absolute Gasteiger partial charge is 0.478 e. The number of hydrogen-bond donors (Lipinski definition) is 6. The maximum atomic E-state index is 13.0. The van der Waals surface area contributed by atoms with Crippen molar-refractivity contribution < 1.29 is 52.8 Å². The summed E-state index contributed by atoms with van der Waals surface area (Å²) in [6, 6.07) is 34.3. The number of carbonyl (C=O) groups is 6. The number of ether oxygens (including phenoxy) is 4. The Morgan fingerprint density at radius 1 is 0.468 bits per heavy atom. The monoisotopic (exact) mass is 1290 g/mol. The van der Waals surface area contributed by atoms with E-state index in [0.29, 0.717) is 92.6 Å². The van der Waals surface area contributed by atoms with Gasteiger partial charge in [-0.25, -0.2) is 43.0 Å². The third kappa shape index (κ3) is 18.4. The Morgan fingerprint density at radius 2 is 0.819 bits per heavy atom. The average Bonchev–Trinajstić information content (AvgIpc) is 1.52. The molecule has 12 rings (SSSR count). The normalized spacial score (nSPS) is 15.1. The number of benzene rings is 4. The summed E-state index contributed by atoms with van der Waals surface area (Å²) in [6.45, 7) is 21.7. The minimum absolute atomic E-state index is 0. The van der Waals surface area contributed by atoms with Crippen LogP contribution in [0.4, 0.5) is 53.6 Å². The number of urea groups is 2. The predicted molar refractivity (Wildman–Crippen MR) is 359 cm³/mol. The number of aromatic nitrogens is 6. The summed E-state index contributed by atoms with van der Waals surface area (Å²) in [5.41, 5.74) is 5.46. The summed E-state index contributed by atoms with van der Waals surface area (Å²) >= 11 is 0. The van der Waals surface area contributed by atoms with Gasteiger partial charge in [-0.3, -0.25) is 4.79 Å². The van der Waals surface area contributed by atoms with E-state index in [1.54, 1.807) is 63.2 Å². The first kappa shape index (κ1) is 68.0. The van der Waals surface area contributed by atoms with Gasteiger partial charge in [0.05, 0.1) is 32.0 Å². The second kappa shape index (κ2) is 30.8. The molecule has 496 valence electrons. The van der Waals surface area contributed by atoms with Crippen LogP contribution in [0.5, 0.6) is 0 Å². The molecule has 4 aromatic carbocycles. The van der Waals surface area contributed by atoms with Gasteiger partial charge in [0.2, 0.25) is 0 Å². The number of aromatic carboxylic acids is 1. The minimum atomic E-state index is -1.02. The van der Waals surface area contributed by atoms with Gasteiger partial charge < -0.3 is 75.1 Å². The highest BCUT2D eigenvalue weighted by Crippen LogP contribution is 2.28. The number of carboxylic acids is 1. The van der Waals surface area contributed by atoms with Crippen LogP contribution in [-0.2, 0) is 18.9 Å². The van der Waals surface area contributed by atoms with E-state index in [1.807, 2.05) is 111 Å². The van der Waals surface area contributed by atoms with E-state index in [0.717, 1.165) is 86.2 Å². The lowest BCUT2D eigenvalue weighted by Gasteiger charge is -2.35. The van der Waals surface area contributed by atoms with E-state index < -0.39 is 23.6 Å². The summed E-state index contributed by atoms with van der Waals surface area (Å²) in [7, 11) is 0. The van der Waals surface area contributed by atoms with Crippen LogP contribution in [0.25, 0.3) is 33.8 Å². The fraction of sp³-hybridized carbons (Fsp3) is 0.373. The summed E-state index contributed by atoms with van der Waals surface area (Å²) in [5, 5.41) is 32.5. The Kier molecular flexibility index (Phi) is 22.3. The molecule has 6 N–H and O–H groups in total. The molecule has 0 aliphatic carbocycles. The second-order valence-electron chi connectivity index (χ2n) is 24.1. The average molecular weight is 1290 g/mol. The van der Waals surface area contributed by atoms with Gasteiger partial charge in [0, 0.05) is 130 Å². The quantitative estimate of drug-likeness (QED) is 0.0742. The van der Waals surface area contributed by atoms with Crippen LogP contribution in [-0.4, -0.2) is 201 Å². The lowest BCUT2D eigenvalue weighted by Crippen LogP contribution is -2.51. The van der Waals surface area contributed by atoms with Crippen LogP contribution in [0.2, 0.25) is 0 Å². The first-order chi connectivity index (χ1) is 44.7. The third-order valence-electron chi connectivity index (χ3n) is 14.9. The van der Waals surface area contributed by atoms with Gasteiger partial charge in [-0.2, -0.15) is 0 Å². The highest BCUT2D eigenvalue weighted by Gasteiger charge is 2.29. The van der Waals surface area contributed by atoms with Gasteiger partial charge in [0.15, 0.2) is 23.3 Å². The van der Waals surface area contributed by atoms with Crippen molar-refractivity contribution in [2.45, 2.75) is 60.2 Å². The molecule has 27 heteroatoms. The number of nitrogens with one attached hydrogen (secondary N) is 5. The molecule has 8 heterocycles. The van der Waals surface area contributed by atoms with Crippen LogP contribution in [0.3, 0.4) is 0 Å². The number of hydrogen-bond acceptors (Lipinski definition) is 17. The molecule has 27 nitrogen and oxygen atoms in total. The molecule has 0 atom stereocenters. The maximum absolute atomic E-state index is 13.0. The van der Waals surface area contributed by atoms with Crippen molar-refractivity contribution >= 4 is 81.5 Å². The molecule has 0 bridgehead atoms. The Hall–Kier alpha value is -10.4. The number of carbonyl (C=O) groups excluding carboxylic acids is 5. The van der Waals surface area contributed by atoms with Crippen LogP contribution < -0.4 is 36.4 Å². The Bertz CT molecular complexity index is 3880. The van der Waals surface area contributed by atoms with Gasteiger partial charge >= 0.3 is 30.2 Å². The molecule has 94 heavy (non-hydrogen) atoms. The molecule has 4 aliphatic rings. The zero-order valence-corrected chi connectivity index (χ0v) is 53.0. The third-order valence-corrected chi connectivity index (χ3v) is 14.9. The highest BCUT2D eigenvalue weighted by molar-refractivity contribution is 6.01. The summed E-state index contributed by atoms with van der Waals surface area (Å²) < 4.78 is 25.3. The van der Waals surface area contributed by atoms with Gasteiger partial charge in [0.1, 0.15) is 22.2 Å². The molecular weight excluding hydrogens is 1200 g/mol. The number of anilines is 6. The first-order valence-corrected chi connectivity index (χ1v) is 30.8. The molecule has 4 fully saturated rings. The number of piperazine rings is 2. The fourth-order valence-electron chi connectivity index (χ4n) is 10.3. The van der Waals surface area contributed by atoms with Crippen LogP contribution in [0, 0.1) is 0 Å². The lowest BCUT2D eigenvalue weighted by molar-refractivity contribution is 0.0140. The molecule has 4 aliphatic heterocycles. The van der Waals surface area contributed by atoms with Crippen molar-refractivity contribution in [1.82, 2.24) is 49.2 Å². The Balaban J connectivity index is 0.000000189. The number of amides is 7. The van der Waals surface area contributed by atoms with Gasteiger partial charge in [-0.1, -0.05) is 7.43 Å². The molecule has 4 saturated heterocycles. The number of fused-ring (bicyclic) bond motifs is 2. The number of morpholine rings is 2. The smallest absolute Gasteiger partial charge is 0.410 e. The van der Waals surface area contributed by atoms with Crippen molar-refractivity contribution in [3.8, 4) is 22.8 Å². The first-order valence-electron chi connectivity index (χ1n) is 30.8. The van der Waals surface area contributed by atoms with Crippen LogP contribution >= 0.6 is 0 Å². The van der Waals surface area contributed by atoms with E-state index >= 15 is 0 Å². The second-order valence-corrected chi connectivity index (χ2v) is 24.1. The van der Waals surface area contributed by atoms with Crippen LogP contribution in [0.15, 0.2) is 134 Å². The van der Waals surface area contributed by atoms with E-state index in [2.05, 4.69) is 46.6 Å². The molecule has 0 saturated carbocycles. The molecule has 0 unspecified atom stereocenters. The summed E-state index contributed by atoms with van der Waals surface area (Å²) in [5.74, 6) is 1.76. The van der Waals surface area contributed by atoms with Gasteiger partial charge in [-0.05, 0) is 163 Å². The standard InChI is InChI=1S/C33H38N8O5.C24H22N6O4.C9H18N2O2.CH4/c1-33(2,3)46-32(44)40-17-15-39(16-18-40)30(42)24-8-12-26(13-9-24)35-31(43)34-25-10-6-23(7-11-25)28-36-29(38-19-21-45-22-20-38)27-5-4-14-41(27)37-28;31-23(32)17-5-9-19(10-6-17)26-24(33)25-18-7-3-16(4-8-18)21-27-22(29-12-14-34-15-13-29)20-2-1-11-30(20)28-21;1-9(2,3)13-8(12)11-6-4-10-5-7-11;/h4-14H,15-22H2,1-3H3,(H2,34,35,43);1-11H,12-15H2,(H,31,32)(H2,25,26,33);10H,4-7H2,1-3H3;1H4. The van der Waals surface area contributed by atoms with Crippen molar-refractivity contribution in [1.29, 1.82) is 0 Å². The van der Waals surface area contributed by atoms with Crippen LogP contribution in [0.1, 0.15) is 69.7 Å². The predicted octanol–water partition coefficient (Wildman–Crippen LogP) is 9.61. The lowest BCUT2D eigenvalue weighted by atomic mass is 10.1. The molecular formula is C67H82N16O11. The van der Waals surface area contributed by atoms with Crippen molar-refractivity contribution in [2.75, 3.05) is 136 Å². The van der Waals surface area contributed by atoms with E-state index in [1.165, 1.54) is 24.3 Å². The number of carboxylic acid groups (broad SMARTS) is 1. The van der Waals surface area contributed by atoms with Gasteiger partial charge in [-0.15, -0.1) is 10.2 Å². The van der Waals surface area contributed by atoms with Crippen molar-refractivity contribution in [3.05, 3.63) is 145 Å². The highest BCUT2D eigenvalue weighted by atomic mass is 16.6. The zero-order chi connectivity index (χ0) is 65.7. The van der Waals surface area contributed by atoms with E-state index in [9.17, 15) is 28.8 Å². The molecule has 8 aromatic rings. The molecule has 7 amide bonds. The Morgan fingerprint density at radius 3 is 1.19 bits per heavy atom. The topological polar surface area (TPSA) is 296 Å². The molecule has 0 spiro atoms. The number of rotatable bonds is 10. The number of nitrogens with zero attached hydrogens (tertiary/aromatic N) is 11. The SMILES string of the molecule is C.CC(C)(C)OC(=O)N1CCN(C(=O)c2ccc(NC(=O)Nc3ccc(-c4nc(N5CCOCC5)c5cccn5n4)cc3)cc2)CC1.CC(C)(C)OC(=O)N1CCNCC1.O=C(Nc1ccc(C(=O)O)cc1)Nc1ccc(-c2nc(N3CCOCC3)c3cccn3n2)cc1. The summed E-state index contributed by atoms with van der Waals surface area (Å²) in [6.07, 6.45) is 3.23. The maximum Gasteiger partial charge on any atom is 0.410 e. The Labute approximate surface area is 545 Å². The molecule has 0 radical (unpaired) electrons. The zero-order valence-electron chi connectivity index (χ0n) is 53.0. The minimum Gasteiger partial charge on any atom is -0.478 e. The van der Waals surface area contributed by atoms with Crippen molar-refractivity contribution in [2.24, 2.45) is 0 Å². The summed E-state index contributed by atoms with van der Waals surface area (Å²) in [4.78, 5) is 92.0. The van der Waals surface area contributed by atoms with E-state index in [4.69, 9.17) is 34.0 Å². The van der Waals surface area contributed by atoms with E-state index in [-0.39, 0.29) is 36.7 Å². The van der Waals surface area contributed by atoms with Crippen molar-refractivity contribution in [3.63, 3.8) is 0 Å².